The quantitative estimate of drug-likeness (QED) is 0.863. The van der Waals surface area contributed by atoms with E-state index in [1.807, 2.05) is 10.9 Å². The highest BCUT2D eigenvalue weighted by atomic mass is 127. The molecule has 0 aromatic carbocycles. The van der Waals surface area contributed by atoms with E-state index in [0.717, 1.165) is 22.2 Å². The van der Waals surface area contributed by atoms with Gasteiger partial charge in [-0.2, -0.15) is 5.10 Å². The Hall–Kier alpha value is -0.100. The van der Waals surface area contributed by atoms with Crippen LogP contribution >= 0.6 is 22.6 Å². The Morgan fingerprint density at radius 2 is 2.31 bits per heavy atom. The van der Waals surface area contributed by atoms with Crippen molar-refractivity contribution < 1.29 is 5.11 Å². The number of hydrogen-bond donors (Lipinski definition) is 1. The van der Waals surface area contributed by atoms with Gasteiger partial charge < -0.3 is 5.11 Å². The van der Waals surface area contributed by atoms with Gasteiger partial charge in [0.2, 0.25) is 0 Å². The molecule has 0 aliphatic rings. The molecule has 74 valence electrons. The zero-order valence-corrected chi connectivity index (χ0v) is 10.2. The highest BCUT2D eigenvalue weighted by Gasteiger charge is 2.04. The number of halogens is 1. The lowest BCUT2D eigenvalue weighted by Crippen LogP contribution is -2.02. The zero-order chi connectivity index (χ0) is 9.84. The summed E-state index contributed by atoms with van der Waals surface area (Å²) >= 11 is 2.19. The van der Waals surface area contributed by atoms with Gasteiger partial charge in [-0.25, -0.2) is 0 Å². The number of aliphatic hydroxyl groups excluding tert-OH is 1. The maximum atomic E-state index is 8.93. The molecule has 13 heavy (non-hydrogen) atoms. The molecule has 0 amide bonds. The van der Waals surface area contributed by atoms with E-state index in [1.165, 1.54) is 0 Å². The van der Waals surface area contributed by atoms with Crippen molar-refractivity contribution in [3.8, 4) is 0 Å². The molecule has 1 heterocycles. The molecule has 0 aliphatic carbocycles. The first kappa shape index (κ1) is 11.0. The lowest BCUT2D eigenvalue weighted by Gasteiger charge is -2.03. The minimum atomic E-state index is 0.0347. The van der Waals surface area contributed by atoms with Crippen LogP contribution in [0.5, 0.6) is 0 Å². The van der Waals surface area contributed by atoms with E-state index < -0.39 is 0 Å². The number of aliphatic hydroxyl groups is 1. The normalized spacial score (nSPS) is 11.2. The smallest absolute Gasteiger partial charge is 0.101 e. The molecule has 0 fully saturated rings. The minimum Gasteiger partial charge on any atom is -0.390 e. The molecular formula is C9H15IN2O. The molecule has 1 aromatic rings. The molecule has 0 saturated heterocycles. The Morgan fingerprint density at radius 1 is 1.62 bits per heavy atom. The standard InChI is InChI=1S/C9H15IN2O/c1-7(2)3-4-12-5-8(10)9(6-13)11-12/h5,7,13H,3-4,6H2,1-2H3. The maximum absolute atomic E-state index is 8.93. The largest absolute Gasteiger partial charge is 0.390 e. The molecule has 0 saturated carbocycles. The third kappa shape index (κ3) is 3.27. The Bertz CT molecular complexity index is 271. The van der Waals surface area contributed by atoms with Gasteiger partial charge in [0.15, 0.2) is 0 Å². The van der Waals surface area contributed by atoms with Gasteiger partial charge >= 0.3 is 0 Å². The summed E-state index contributed by atoms with van der Waals surface area (Å²) in [4.78, 5) is 0. The summed E-state index contributed by atoms with van der Waals surface area (Å²) in [5.74, 6) is 0.694. The van der Waals surface area contributed by atoms with Gasteiger partial charge in [0, 0.05) is 12.7 Å². The van der Waals surface area contributed by atoms with Crippen molar-refractivity contribution in [1.29, 1.82) is 0 Å². The summed E-state index contributed by atoms with van der Waals surface area (Å²) in [7, 11) is 0. The predicted octanol–water partition coefficient (Wildman–Crippen LogP) is 2.03. The third-order valence-corrected chi connectivity index (χ3v) is 2.77. The SMILES string of the molecule is CC(C)CCn1cc(I)c(CO)n1. The first-order chi connectivity index (χ1) is 6.13. The number of hydrogen-bond acceptors (Lipinski definition) is 2. The molecule has 0 unspecified atom stereocenters. The number of aromatic nitrogens is 2. The Kier molecular flexibility index (Phi) is 4.18. The van der Waals surface area contributed by atoms with Crippen molar-refractivity contribution in [3.63, 3.8) is 0 Å². The van der Waals surface area contributed by atoms with E-state index in [-0.39, 0.29) is 6.61 Å². The molecule has 3 nitrogen and oxygen atoms in total. The Labute approximate surface area is 92.3 Å². The second-order valence-electron chi connectivity index (χ2n) is 3.53. The van der Waals surface area contributed by atoms with Crippen LogP contribution in [0.15, 0.2) is 6.20 Å². The van der Waals surface area contributed by atoms with Gasteiger partial charge in [0.25, 0.3) is 0 Å². The van der Waals surface area contributed by atoms with Crippen LogP contribution in [0.1, 0.15) is 26.0 Å². The molecule has 1 aromatic heterocycles. The van der Waals surface area contributed by atoms with E-state index in [4.69, 9.17) is 5.11 Å². The maximum Gasteiger partial charge on any atom is 0.101 e. The molecule has 0 radical (unpaired) electrons. The topological polar surface area (TPSA) is 38.0 Å². The van der Waals surface area contributed by atoms with Crippen molar-refractivity contribution >= 4 is 22.6 Å². The van der Waals surface area contributed by atoms with Gasteiger partial charge in [-0.15, -0.1) is 0 Å². The Balaban J connectivity index is 2.57. The average Bonchev–Trinajstić information content (AvgIpc) is 2.43. The van der Waals surface area contributed by atoms with Crippen molar-refractivity contribution in [2.45, 2.75) is 33.4 Å². The summed E-state index contributed by atoms with van der Waals surface area (Å²) in [5, 5.41) is 13.2. The molecule has 0 aliphatic heterocycles. The van der Waals surface area contributed by atoms with Crippen LogP contribution in [-0.4, -0.2) is 14.9 Å². The summed E-state index contributed by atoms with van der Waals surface area (Å²) in [5.41, 5.74) is 0.782. The van der Waals surface area contributed by atoms with Gasteiger partial charge in [0.05, 0.1) is 10.2 Å². The molecule has 1 rings (SSSR count). The van der Waals surface area contributed by atoms with E-state index in [2.05, 4.69) is 41.5 Å². The van der Waals surface area contributed by atoms with Crippen LogP contribution in [0.2, 0.25) is 0 Å². The first-order valence-corrected chi connectivity index (χ1v) is 5.54. The Morgan fingerprint density at radius 3 is 2.77 bits per heavy atom. The van der Waals surface area contributed by atoms with E-state index in [0.29, 0.717) is 5.92 Å². The van der Waals surface area contributed by atoms with Crippen molar-refractivity contribution in [2.24, 2.45) is 5.92 Å². The van der Waals surface area contributed by atoms with Crippen molar-refractivity contribution in [3.05, 3.63) is 15.5 Å². The molecular weight excluding hydrogens is 279 g/mol. The fraction of sp³-hybridized carbons (Fsp3) is 0.667. The minimum absolute atomic E-state index is 0.0347. The van der Waals surface area contributed by atoms with Crippen LogP contribution in [0.4, 0.5) is 0 Å². The third-order valence-electron chi connectivity index (χ3n) is 1.87. The van der Waals surface area contributed by atoms with E-state index >= 15 is 0 Å². The molecule has 0 bridgehead atoms. The van der Waals surface area contributed by atoms with Gasteiger partial charge in [-0.3, -0.25) is 4.68 Å². The van der Waals surface area contributed by atoms with Gasteiger partial charge in [-0.1, -0.05) is 13.8 Å². The molecule has 0 atom stereocenters. The van der Waals surface area contributed by atoms with E-state index in [1.54, 1.807) is 0 Å². The number of nitrogens with zero attached hydrogens (tertiary/aromatic N) is 2. The van der Waals surface area contributed by atoms with Crippen molar-refractivity contribution in [2.75, 3.05) is 0 Å². The summed E-state index contributed by atoms with van der Waals surface area (Å²) in [6, 6.07) is 0. The fourth-order valence-corrected chi connectivity index (χ4v) is 1.65. The van der Waals surface area contributed by atoms with Crippen LogP contribution < -0.4 is 0 Å². The first-order valence-electron chi connectivity index (χ1n) is 4.46. The van der Waals surface area contributed by atoms with Gasteiger partial charge in [0.1, 0.15) is 5.69 Å². The molecule has 1 N–H and O–H groups in total. The van der Waals surface area contributed by atoms with Crippen LogP contribution in [0.3, 0.4) is 0 Å². The summed E-state index contributed by atoms with van der Waals surface area (Å²) < 4.78 is 2.96. The molecule has 0 spiro atoms. The summed E-state index contributed by atoms with van der Waals surface area (Å²) in [6.45, 7) is 5.36. The fourth-order valence-electron chi connectivity index (χ4n) is 1.05. The van der Waals surface area contributed by atoms with Crippen LogP contribution in [0, 0.1) is 9.49 Å². The summed E-state index contributed by atoms with van der Waals surface area (Å²) in [6.07, 6.45) is 3.11. The average molecular weight is 294 g/mol. The van der Waals surface area contributed by atoms with E-state index in [9.17, 15) is 0 Å². The monoisotopic (exact) mass is 294 g/mol. The highest BCUT2D eigenvalue weighted by molar-refractivity contribution is 14.1. The zero-order valence-electron chi connectivity index (χ0n) is 8.00. The lowest BCUT2D eigenvalue weighted by molar-refractivity contribution is 0.274. The lowest BCUT2D eigenvalue weighted by atomic mass is 10.1. The highest BCUT2D eigenvalue weighted by Crippen LogP contribution is 2.11. The molecule has 4 heteroatoms. The predicted molar refractivity (Wildman–Crippen MR) is 60.3 cm³/mol. The van der Waals surface area contributed by atoms with Crippen LogP contribution in [0.25, 0.3) is 0 Å². The number of rotatable bonds is 4. The van der Waals surface area contributed by atoms with Crippen molar-refractivity contribution in [1.82, 2.24) is 9.78 Å². The van der Waals surface area contributed by atoms with Crippen LogP contribution in [-0.2, 0) is 13.2 Å². The number of aryl methyl sites for hydroxylation is 1. The van der Waals surface area contributed by atoms with Gasteiger partial charge in [-0.05, 0) is 34.9 Å². The second-order valence-corrected chi connectivity index (χ2v) is 4.69. The second kappa shape index (κ2) is 4.95.